The van der Waals surface area contributed by atoms with Crippen LogP contribution in [0.15, 0.2) is 99.3 Å². The van der Waals surface area contributed by atoms with Crippen LogP contribution in [0.25, 0.3) is 33.7 Å². The number of sulfone groups is 1. The predicted molar refractivity (Wildman–Crippen MR) is 134 cm³/mol. The second-order valence-electron chi connectivity index (χ2n) is 7.81. The van der Waals surface area contributed by atoms with Crippen molar-refractivity contribution in [2.24, 2.45) is 7.05 Å². The molecular weight excluding hydrogens is 498 g/mol. The molecule has 0 bridgehead atoms. The smallest absolute Gasteiger partial charge is 0.207 e. The molecule has 2 heterocycles. The van der Waals surface area contributed by atoms with Crippen molar-refractivity contribution in [3.8, 4) is 22.8 Å². The molecule has 0 aliphatic heterocycles. The Morgan fingerprint density at radius 1 is 0.909 bits per heavy atom. The maximum atomic E-state index is 13.7. The number of imidazole rings is 1. The molecule has 0 saturated carbocycles. The molecule has 0 aliphatic rings. The summed E-state index contributed by atoms with van der Waals surface area (Å²) in [5, 5.41) is 0.575. The third kappa shape index (κ3) is 3.67. The van der Waals surface area contributed by atoms with Crippen LogP contribution in [-0.2, 0) is 16.9 Å². The molecule has 5 aromatic rings. The standard InChI is InChI=1S/C26H20BrN3O2S/c1-17-13-14-20-23(33(31,32)19-11-7-4-8-12-19)15-21(29-25(20)24(17)27)22-16-28-26(30(22)2)18-9-5-3-6-10-18/h3-16H,1-2H3. The molecule has 0 radical (unpaired) electrons. The SMILES string of the molecule is Cc1ccc2c(S(=O)(=O)c3ccccc3)cc(-c3cnc(-c4ccccc4)n3C)nc2c1Br. The van der Waals surface area contributed by atoms with Gasteiger partial charge in [0.25, 0.3) is 0 Å². The monoisotopic (exact) mass is 517 g/mol. The van der Waals surface area contributed by atoms with Crippen molar-refractivity contribution in [2.45, 2.75) is 16.7 Å². The van der Waals surface area contributed by atoms with E-state index in [2.05, 4.69) is 20.9 Å². The molecule has 0 unspecified atom stereocenters. The van der Waals surface area contributed by atoms with Gasteiger partial charge in [-0.2, -0.15) is 0 Å². The Balaban J connectivity index is 1.79. The van der Waals surface area contributed by atoms with Crippen molar-refractivity contribution < 1.29 is 8.42 Å². The van der Waals surface area contributed by atoms with Gasteiger partial charge in [-0.25, -0.2) is 18.4 Å². The number of halogens is 1. The van der Waals surface area contributed by atoms with Gasteiger partial charge in [-0.3, -0.25) is 0 Å². The molecule has 0 aliphatic carbocycles. The first-order valence-electron chi connectivity index (χ1n) is 10.4. The maximum absolute atomic E-state index is 13.7. The third-order valence-corrected chi connectivity index (χ3v) is 8.51. The van der Waals surface area contributed by atoms with Gasteiger partial charge < -0.3 is 4.57 Å². The number of rotatable bonds is 4. The summed E-state index contributed by atoms with van der Waals surface area (Å²) >= 11 is 3.63. The summed E-state index contributed by atoms with van der Waals surface area (Å²) < 4.78 is 30.1. The Morgan fingerprint density at radius 2 is 1.58 bits per heavy atom. The number of aryl methyl sites for hydroxylation is 1. The van der Waals surface area contributed by atoms with Gasteiger partial charge in [0.05, 0.1) is 32.9 Å². The highest BCUT2D eigenvalue weighted by Crippen LogP contribution is 2.36. The van der Waals surface area contributed by atoms with E-state index in [0.717, 1.165) is 27.1 Å². The number of hydrogen-bond acceptors (Lipinski definition) is 4. The zero-order valence-electron chi connectivity index (χ0n) is 18.0. The number of fused-ring (bicyclic) bond motifs is 1. The molecule has 0 atom stereocenters. The summed E-state index contributed by atoms with van der Waals surface area (Å²) in [6.45, 7) is 1.96. The van der Waals surface area contributed by atoms with Gasteiger partial charge in [0.2, 0.25) is 9.84 Å². The lowest BCUT2D eigenvalue weighted by Crippen LogP contribution is -2.05. The molecule has 164 valence electrons. The van der Waals surface area contributed by atoms with E-state index in [9.17, 15) is 8.42 Å². The highest BCUT2D eigenvalue weighted by atomic mass is 79.9. The van der Waals surface area contributed by atoms with E-state index in [0.29, 0.717) is 16.6 Å². The number of aromatic nitrogens is 3. The van der Waals surface area contributed by atoms with Crippen molar-refractivity contribution in [2.75, 3.05) is 0 Å². The molecule has 0 saturated heterocycles. The summed E-state index contributed by atoms with van der Waals surface area (Å²) in [5.74, 6) is 0.781. The highest BCUT2D eigenvalue weighted by Gasteiger charge is 2.24. The van der Waals surface area contributed by atoms with E-state index >= 15 is 0 Å². The van der Waals surface area contributed by atoms with E-state index < -0.39 is 9.84 Å². The van der Waals surface area contributed by atoms with Crippen LogP contribution >= 0.6 is 15.9 Å². The normalized spacial score (nSPS) is 11.7. The second kappa shape index (κ2) is 8.24. The van der Waals surface area contributed by atoms with Crippen molar-refractivity contribution in [3.05, 3.63) is 95.1 Å². The fourth-order valence-corrected chi connectivity index (χ4v) is 5.84. The molecule has 0 amide bonds. The molecule has 0 spiro atoms. The van der Waals surface area contributed by atoms with Crippen molar-refractivity contribution in [1.82, 2.24) is 14.5 Å². The van der Waals surface area contributed by atoms with Gasteiger partial charge >= 0.3 is 0 Å². The largest absolute Gasteiger partial charge is 0.326 e. The van der Waals surface area contributed by atoms with Crippen LogP contribution in [0, 0.1) is 6.92 Å². The van der Waals surface area contributed by atoms with E-state index in [1.807, 2.05) is 61.0 Å². The van der Waals surface area contributed by atoms with Crippen LogP contribution in [-0.4, -0.2) is 23.0 Å². The van der Waals surface area contributed by atoms with Gasteiger partial charge in [0, 0.05) is 22.5 Å². The second-order valence-corrected chi connectivity index (χ2v) is 10.5. The Bertz CT molecular complexity index is 1600. The molecule has 5 nitrogen and oxygen atoms in total. The summed E-state index contributed by atoms with van der Waals surface area (Å²) in [6, 6.07) is 23.7. The van der Waals surface area contributed by atoms with Crippen LogP contribution in [0.5, 0.6) is 0 Å². The Labute approximate surface area is 200 Å². The average Bonchev–Trinajstić information content (AvgIpc) is 3.23. The minimum atomic E-state index is -3.77. The number of nitrogens with zero attached hydrogens (tertiary/aromatic N) is 3. The van der Waals surface area contributed by atoms with Crippen molar-refractivity contribution >= 4 is 36.7 Å². The molecule has 2 aromatic heterocycles. The van der Waals surface area contributed by atoms with Gasteiger partial charge in [-0.1, -0.05) is 60.7 Å². The minimum Gasteiger partial charge on any atom is -0.326 e. The van der Waals surface area contributed by atoms with E-state index in [1.54, 1.807) is 42.6 Å². The van der Waals surface area contributed by atoms with Crippen LogP contribution in [0.3, 0.4) is 0 Å². The van der Waals surface area contributed by atoms with E-state index in [1.165, 1.54) is 0 Å². The Morgan fingerprint density at radius 3 is 2.27 bits per heavy atom. The minimum absolute atomic E-state index is 0.219. The first kappa shape index (κ1) is 21.6. The molecule has 3 aromatic carbocycles. The molecule has 5 rings (SSSR count). The summed E-state index contributed by atoms with van der Waals surface area (Å²) in [5.41, 5.74) is 3.82. The van der Waals surface area contributed by atoms with Gasteiger partial charge in [-0.15, -0.1) is 0 Å². The van der Waals surface area contributed by atoms with Crippen LogP contribution in [0.2, 0.25) is 0 Å². The van der Waals surface area contributed by atoms with Crippen LogP contribution in [0.4, 0.5) is 0 Å². The average molecular weight is 518 g/mol. The summed E-state index contributed by atoms with van der Waals surface area (Å²) in [6.07, 6.45) is 1.74. The zero-order valence-corrected chi connectivity index (χ0v) is 20.4. The van der Waals surface area contributed by atoms with Crippen molar-refractivity contribution in [3.63, 3.8) is 0 Å². The first-order chi connectivity index (χ1) is 15.9. The third-order valence-electron chi connectivity index (χ3n) is 5.70. The predicted octanol–water partition coefficient (Wildman–Crippen LogP) is 6.21. The fraction of sp³-hybridized carbons (Fsp3) is 0.0769. The molecule has 7 heteroatoms. The number of benzene rings is 3. The highest BCUT2D eigenvalue weighted by molar-refractivity contribution is 9.10. The lowest BCUT2D eigenvalue weighted by molar-refractivity contribution is 0.597. The fourth-order valence-electron chi connectivity index (χ4n) is 3.91. The van der Waals surface area contributed by atoms with Gasteiger partial charge in [0.15, 0.2) is 0 Å². The first-order valence-corrected chi connectivity index (χ1v) is 12.6. The Kier molecular flexibility index (Phi) is 5.38. The number of hydrogen-bond donors (Lipinski definition) is 0. The number of pyridine rings is 1. The van der Waals surface area contributed by atoms with E-state index in [4.69, 9.17) is 4.98 Å². The molecule has 0 fully saturated rings. The molecular formula is C26H20BrN3O2S. The van der Waals surface area contributed by atoms with Crippen molar-refractivity contribution in [1.29, 1.82) is 0 Å². The quantitative estimate of drug-likeness (QED) is 0.284. The lowest BCUT2D eigenvalue weighted by atomic mass is 10.1. The topological polar surface area (TPSA) is 64.8 Å². The molecule has 33 heavy (non-hydrogen) atoms. The van der Waals surface area contributed by atoms with E-state index in [-0.39, 0.29) is 9.79 Å². The van der Waals surface area contributed by atoms with Gasteiger partial charge in [0.1, 0.15) is 5.82 Å². The maximum Gasteiger partial charge on any atom is 0.207 e. The summed E-state index contributed by atoms with van der Waals surface area (Å²) in [4.78, 5) is 9.93. The van der Waals surface area contributed by atoms with Crippen LogP contribution < -0.4 is 0 Å². The molecule has 0 N–H and O–H groups in total. The Hall–Kier alpha value is -3.29. The lowest BCUT2D eigenvalue weighted by Gasteiger charge is -2.13. The van der Waals surface area contributed by atoms with Crippen LogP contribution in [0.1, 0.15) is 5.56 Å². The summed E-state index contributed by atoms with van der Waals surface area (Å²) in [7, 11) is -1.86. The zero-order chi connectivity index (χ0) is 23.2. The van der Waals surface area contributed by atoms with Gasteiger partial charge in [-0.05, 0) is 46.6 Å².